The van der Waals surface area contributed by atoms with Gasteiger partial charge in [0, 0.05) is 181 Å². The Hall–Kier alpha value is -13.8. The Bertz CT molecular complexity index is 6400. The number of piperazine rings is 4. The number of carbonyl (C=O) groups is 4. The molecule has 15 aromatic rings. The molecule has 8 aromatic carbocycles. The van der Waals surface area contributed by atoms with Gasteiger partial charge in [0.2, 0.25) is 23.6 Å². The molecule has 27 nitrogen and oxygen atoms in total. The van der Waals surface area contributed by atoms with Crippen molar-refractivity contribution in [3.8, 4) is 50.3 Å². The van der Waals surface area contributed by atoms with Gasteiger partial charge in [0.05, 0.1) is 60.8 Å². The molecule has 126 heavy (non-hydrogen) atoms. The Morgan fingerprint density at radius 2 is 0.587 bits per heavy atom. The van der Waals surface area contributed by atoms with Gasteiger partial charge in [-0.05, 0) is 116 Å². The number of aromatic hydroxyl groups is 1. The van der Waals surface area contributed by atoms with E-state index in [0.717, 1.165) is 55.5 Å². The zero-order valence-corrected chi connectivity index (χ0v) is 71.0. The number of hydrogen-bond donors (Lipinski definition) is 4. The van der Waals surface area contributed by atoms with Gasteiger partial charge in [-0.3, -0.25) is 34.5 Å². The van der Waals surface area contributed by atoms with Crippen molar-refractivity contribution in [3.63, 3.8) is 0 Å². The van der Waals surface area contributed by atoms with Gasteiger partial charge in [-0.2, -0.15) is 15.3 Å². The van der Waals surface area contributed by atoms with Crippen LogP contribution in [-0.2, 0) is 19.2 Å². The lowest BCUT2D eigenvalue weighted by molar-refractivity contribution is -0.127. The number of H-pyrrole nitrogens is 3. The lowest BCUT2D eigenvalue weighted by Gasteiger charge is -2.35. The van der Waals surface area contributed by atoms with Gasteiger partial charge in [0.1, 0.15) is 82.2 Å². The first-order valence-electron chi connectivity index (χ1n) is 39.8. The van der Waals surface area contributed by atoms with Gasteiger partial charge in [0.25, 0.3) is 0 Å². The predicted octanol–water partition coefficient (Wildman–Crippen LogP) is 16.1. The molecular formula is C90H77Cl4F5N22O5. The fraction of sp³-hybridized carbons (Fsp3) is 0.211. The summed E-state index contributed by atoms with van der Waals surface area (Å²) < 4.78 is 77.4. The Morgan fingerprint density at radius 1 is 0.341 bits per heavy atom. The van der Waals surface area contributed by atoms with Crippen molar-refractivity contribution in [2.24, 2.45) is 0 Å². The topological polar surface area (TPSA) is 304 Å². The van der Waals surface area contributed by atoms with Crippen LogP contribution in [0.15, 0.2) is 173 Å². The molecular weight excluding hydrogens is 1710 g/mol. The summed E-state index contributed by atoms with van der Waals surface area (Å²) in [5.41, 5.74) is 8.05. The quantitative estimate of drug-likeness (QED) is 0.0652. The maximum absolute atomic E-state index is 15.9. The van der Waals surface area contributed by atoms with Crippen molar-refractivity contribution in [2.45, 2.75) is 20.8 Å². The number of aromatic nitrogens is 14. The summed E-state index contributed by atoms with van der Waals surface area (Å²) in [5.74, 6) is -1.71. The number of nitrogens with one attached hydrogen (secondary N) is 3. The van der Waals surface area contributed by atoms with Gasteiger partial charge in [-0.1, -0.05) is 97.0 Å². The second-order valence-electron chi connectivity index (χ2n) is 30.0. The van der Waals surface area contributed by atoms with E-state index >= 15 is 17.6 Å². The third-order valence-corrected chi connectivity index (χ3v) is 24.1. The summed E-state index contributed by atoms with van der Waals surface area (Å²) in [6, 6.07) is 21.8. The van der Waals surface area contributed by atoms with Crippen LogP contribution in [0.2, 0.25) is 20.1 Å². The second kappa shape index (κ2) is 36.2. The number of carbonyl (C=O) groups excluding carboxylic acids is 4. The maximum Gasteiger partial charge on any atom is 0.246 e. The van der Waals surface area contributed by atoms with Gasteiger partial charge < -0.3 is 44.3 Å². The molecule has 0 saturated carbocycles. The lowest BCUT2D eigenvalue weighted by atomic mass is 9.95. The average Bonchev–Trinajstić information content (AvgIpc) is 1.17. The van der Waals surface area contributed by atoms with Crippen molar-refractivity contribution in [2.75, 3.05) is 124 Å². The van der Waals surface area contributed by atoms with Crippen LogP contribution in [0.4, 0.5) is 45.2 Å². The monoisotopic (exact) mass is 1780 g/mol. The van der Waals surface area contributed by atoms with E-state index in [1.165, 1.54) is 67.8 Å². The van der Waals surface area contributed by atoms with E-state index in [1.807, 2.05) is 76.8 Å². The molecule has 11 heterocycles. The standard InChI is InChI=1S/3C23H20ClFN6O.C21H17ClF2N4O2/c3*1-3-18(32)30-6-8-31(9-7-30)23-14-10-16(24)20(21(25)22(14)26-12-27-23)19-13(2)4-5-17-15(19)11-28-29-17;1-2-16(30)27-6-8-28(9-7-27)21-12-10-13(22)17(19(24)20(12)25-11-26-21)18-14(23)4-3-5-15(18)29/h3*3-5,10-12H,1,6-9H2,2H3,(H,28,29);2-5,10-11,29H,1,6-9H2. The fourth-order valence-electron chi connectivity index (χ4n) is 16.6. The number of fused-ring (bicyclic) bond motifs is 7. The predicted molar refractivity (Wildman–Crippen MR) is 481 cm³/mol. The van der Waals surface area contributed by atoms with E-state index < -0.39 is 34.8 Å². The van der Waals surface area contributed by atoms with Crippen LogP contribution in [0.1, 0.15) is 16.7 Å². The summed E-state index contributed by atoms with van der Waals surface area (Å²) in [5, 5.41) is 36.2. The number of phenols is 1. The molecule has 4 aliphatic heterocycles. The maximum atomic E-state index is 15.9. The fourth-order valence-corrected chi connectivity index (χ4v) is 17.7. The Kier molecular flexibility index (Phi) is 24.6. The number of aromatic amines is 3. The average molecular weight is 1780 g/mol. The molecule has 640 valence electrons. The number of aryl methyl sites for hydroxylation is 3. The minimum Gasteiger partial charge on any atom is -0.507 e. The SMILES string of the molecule is C=CC(=O)N1CCN(c2ncnc3c(F)c(-c4c(C)ccc5[nH]ncc45)c(Cl)cc23)CC1.C=CC(=O)N1CCN(c2ncnc3c(F)c(-c4c(C)ccc5[nH]ncc45)c(Cl)cc23)CC1.C=CC(=O)N1CCN(c2ncnc3c(F)c(-c4c(C)ccc5[nH]ncc45)c(Cl)cc23)CC1.C=CC(=O)N1CCN(c2ncnc3c(F)c(-c4c(O)cccc4F)c(Cl)cc23)CC1. The Labute approximate surface area is 736 Å². The molecule has 4 amide bonds. The largest absolute Gasteiger partial charge is 0.507 e. The molecule has 0 spiro atoms. The van der Waals surface area contributed by atoms with E-state index in [4.69, 9.17) is 46.4 Å². The first kappa shape index (κ1) is 85.7. The zero-order valence-electron chi connectivity index (χ0n) is 68.0. The highest BCUT2D eigenvalue weighted by atomic mass is 35.5. The van der Waals surface area contributed by atoms with Gasteiger partial charge in [-0.25, -0.2) is 61.8 Å². The highest BCUT2D eigenvalue weighted by molar-refractivity contribution is 6.37. The minimum atomic E-state index is -0.845. The van der Waals surface area contributed by atoms with Gasteiger partial charge in [-0.15, -0.1) is 0 Å². The van der Waals surface area contributed by atoms with Crippen LogP contribution < -0.4 is 19.6 Å². The summed E-state index contributed by atoms with van der Waals surface area (Å²) in [7, 11) is 0. The molecule has 0 radical (unpaired) electrons. The van der Waals surface area contributed by atoms with Crippen LogP contribution in [0.5, 0.6) is 5.75 Å². The molecule has 0 unspecified atom stereocenters. The summed E-state index contributed by atoms with van der Waals surface area (Å²) in [4.78, 5) is 96.5. The zero-order chi connectivity index (χ0) is 88.6. The lowest BCUT2D eigenvalue weighted by Crippen LogP contribution is -2.48. The number of phenolic OH excluding ortho intramolecular Hbond substituents is 1. The van der Waals surface area contributed by atoms with Crippen LogP contribution in [0.3, 0.4) is 0 Å². The third kappa shape index (κ3) is 16.1. The van der Waals surface area contributed by atoms with E-state index in [1.54, 1.807) is 56.4 Å². The van der Waals surface area contributed by atoms with Crippen LogP contribution in [0.25, 0.3) is 121 Å². The number of rotatable bonds is 12. The molecule has 4 N–H and O–H groups in total. The van der Waals surface area contributed by atoms with E-state index in [-0.39, 0.29) is 76.9 Å². The van der Waals surface area contributed by atoms with E-state index in [2.05, 4.69) is 96.8 Å². The number of anilines is 4. The van der Waals surface area contributed by atoms with Gasteiger partial charge >= 0.3 is 0 Å². The van der Waals surface area contributed by atoms with Crippen LogP contribution in [0, 0.1) is 49.9 Å². The van der Waals surface area contributed by atoms with Crippen molar-refractivity contribution >= 4 is 170 Å². The van der Waals surface area contributed by atoms with Crippen LogP contribution in [-0.4, -0.2) is 224 Å². The molecule has 4 fully saturated rings. The summed E-state index contributed by atoms with van der Waals surface area (Å²) in [6.45, 7) is 28.4. The molecule has 36 heteroatoms. The number of nitrogens with zero attached hydrogens (tertiary/aromatic N) is 19. The Morgan fingerprint density at radius 3 is 0.825 bits per heavy atom. The number of hydrogen-bond acceptors (Lipinski definition) is 20. The molecule has 0 bridgehead atoms. The normalized spacial score (nSPS) is 14.3. The van der Waals surface area contributed by atoms with E-state index in [9.17, 15) is 28.7 Å². The highest BCUT2D eigenvalue weighted by Gasteiger charge is 2.33. The van der Waals surface area contributed by atoms with Crippen LogP contribution >= 0.6 is 46.4 Å². The van der Waals surface area contributed by atoms with Gasteiger partial charge in [0.15, 0.2) is 23.3 Å². The molecule has 4 saturated heterocycles. The molecule has 4 aliphatic rings. The molecule has 7 aromatic heterocycles. The van der Waals surface area contributed by atoms with Crippen molar-refractivity contribution < 1.29 is 46.2 Å². The number of halogens is 9. The molecule has 19 rings (SSSR count). The summed E-state index contributed by atoms with van der Waals surface area (Å²) in [6.07, 6.45) is 15.6. The molecule has 0 atom stereocenters. The number of benzene rings is 8. The third-order valence-electron chi connectivity index (χ3n) is 23.0. The first-order valence-corrected chi connectivity index (χ1v) is 41.3. The first-order chi connectivity index (χ1) is 60.9. The second-order valence-corrected chi connectivity index (χ2v) is 31.7. The van der Waals surface area contributed by atoms with Crippen molar-refractivity contribution in [1.29, 1.82) is 0 Å². The highest BCUT2D eigenvalue weighted by Crippen LogP contribution is 2.47. The number of amides is 4. The summed E-state index contributed by atoms with van der Waals surface area (Å²) >= 11 is 26.3. The smallest absolute Gasteiger partial charge is 0.246 e. The van der Waals surface area contributed by atoms with Crippen molar-refractivity contribution in [3.05, 3.63) is 239 Å². The van der Waals surface area contributed by atoms with E-state index in [0.29, 0.717) is 183 Å². The molecule has 0 aliphatic carbocycles. The van der Waals surface area contributed by atoms with Crippen molar-refractivity contribution in [1.82, 2.24) is 90.1 Å². The minimum absolute atomic E-state index is 0.0355. The Balaban J connectivity index is 0.000000124.